The lowest BCUT2D eigenvalue weighted by Gasteiger charge is -2.27. The lowest BCUT2D eigenvalue weighted by Crippen LogP contribution is -2.32. The van der Waals surface area contributed by atoms with Gasteiger partial charge < -0.3 is 10.6 Å². The van der Waals surface area contributed by atoms with Crippen LogP contribution >= 0.6 is 0 Å². The van der Waals surface area contributed by atoms with E-state index in [0.717, 1.165) is 18.9 Å². The van der Waals surface area contributed by atoms with Crippen LogP contribution in [0.5, 0.6) is 0 Å². The molecule has 1 aromatic heterocycles. The van der Waals surface area contributed by atoms with Crippen LogP contribution in [0.25, 0.3) is 0 Å². The Bertz CT molecular complexity index is 364. The second-order valence-electron chi connectivity index (χ2n) is 3.74. The van der Waals surface area contributed by atoms with Gasteiger partial charge in [-0.25, -0.2) is 13.8 Å². The van der Waals surface area contributed by atoms with E-state index in [0.29, 0.717) is 0 Å². The molecule has 90 valence electrons. The normalized spacial score (nSPS) is 10.9. The average molecular weight is 229 g/mol. The molecule has 1 rings (SSSR count). The number of nitrogens with two attached hydrogens (primary N) is 1. The van der Waals surface area contributed by atoms with Gasteiger partial charge >= 0.3 is 0 Å². The van der Waals surface area contributed by atoms with E-state index in [1.54, 1.807) is 11.9 Å². The summed E-state index contributed by atoms with van der Waals surface area (Å²) < 4.78 is 26.5. The Hall–Kier alpha value is -1.39. The molecule has 0 saturated carbocycles. The molecule has 0 atom stereocenters. The van der Waals surface area contributed by atoms with Crippen LogP contribution in [-0.4, -0.2) is 18.1 Å². The number of aromatic nitrogens is 1. The van der Waals surface area contributed by atoms with E-state index in [-0.39, 0.29) is 17.7 Å². The molecule has 5 heteroatoms. The maximum Gasteiger partial charge on any atom is 0.168 e. The molecule has 0 aliphatic carbocycles. The van der Waals surface area contributed by atoms with Crippen LogP contribution in [0, 0.1) is 11.6 Å². The Morgan fingerprint density at radius 1 is 1.31 bits per heavy atom. The Labute approximate surface area is 94.3 Å². The molecule has 0 aromatic carbocycles. The van der Waals surface area contributed by atoms with Crippen molar-refractivity contribution in [3.63, 3.8) is 0 Å². The third-order valence-corrected chi connectivity index (χ3v) is 2.76. The fourth-order valence-corrected chi connectivity index (χ4v) is 1.73. The number of nitrogens with zero attached hydrogens (tertiary/aromatic N) is 2. The van der Waals surface area contributed by atoms with Crippen molar-refractivity contribution in [3.8, 4) is 0 Å². The summed E-state index contributed by atoms with van der Waals surface area (Å²) in [5, 5.41) is 0. The van der Waals surface area contributed by atoms with Crippen LogP contribution in [0.15, 0.2) is 6.07 Å². The van der Waals surface area contributed by atoms with Gasteiger partial charge in [-0.1, -0.05) is 13.8 Å². The minimum atomic E-state index is -0.820. The van der Waals surface area contributed by atoms with Gasteiger partial charge in [-0.15, -0.1) is 0 Å². The van der Waals surface area contributed by atoms with Crippen molar-refractivity contribution in [2.75, 3.05) is 17.7 Å². The topological polar surface area (TPSA) is 42.2 Å². The first-order chi connectivity index (χ1) is 7.51. The summed E-state index contributed by atoms with van der Waals surface area (Å²) in [4.78, 5) is 5.44. The molecule has 0 fully saturated rings. The summed E-state index contributed by atoms with van der Waals surface area (Å²) in [6, 6.07) is 0.947. The number of hydrogen-bond acceptors (Lipinski definition) is 3. The lowest BCUT2D eigenvalue weighted by molar-refractivity contribution is 0.544. The van der Waals surface area contributed by atoms with Crippen LogP contribution in [0.2, 0.25) is 0 Å². The van der Waals surface area contributed by atoms with Gasteiger partial charge in [0.25, 0.3) is 0 Å². The first kappa shape index (κ1) is 12.7. The molecule has 0 aliphatic heterocycles. The molecule has 0 saturated heterocycles. The fourth-order valence-electron chi connectivity index (χ4n) is 1.73. The third kappa shape index (κ3) is 2.40. The molecule has 16 heavy (non-hydrogen) atoms. The summed E-state index contributed by atoms with van der Waals surface area (Å²) in [6.45, 7) is 4.02. The summed E-state index contributed by atoms with van der Waals surface area (Å²) >= 11 is 0. The number of rotatable bonds is 4. The van der Waals surface area contributed by atoms with Gasteiger partial charge in [-0.05, 0) is 12.8 Å². The minimum absolute atomic E-state index is 0.104. The van der Waals surface area contributed by atoms with Gasteiger partial charge in [0.2, 0.25) is 0 Å². The van der Waals surface area contributed by atoms with Crippen molar-refractivity contribution < 1.29 is 8.78 Å². The van der Waals surface area contributed by atoms with Crippen molar-refractivity contribution in [1.82, 2.24) is 4.98 Å². The Morgan fingerprint density at radius 3 is 2.38 bits per heavy atom. The summed E-state index contributed by atoms with van der Waals surface area (Å²) in [7, 11) is 1.74. The first-order valence-electron chi connectivity index (χ1n) is 5.35. The monoisotopic (exact) mass is 229 g/mol. The van der Waals surface area contributed by atoms with Crippen molar-refractivity contribution in [1.29, 1.82) is 0 Å². The molecular weight excluding hydrogens is 212 g/mol. The molecule has 1 heterocycles. The smallest absolute Gasteiger partial charge is 0.168 e. The van der Waals surface area contributed by atoms with Crippen LogP contribution in [0.3, 0.4) is 0 Å². The van der Waals surface area contributed by atoms with Crippen molar-refractivity contribution >= 4 is 11.6 Å². The largest absolute Gasteiger partial charge is 0.381 e. The second kappa shape index (κ2) is 5.09. The SMILES string of the molecule is CCC(CC)N(C)c1nc(N)c(F)cc1F. The van der Waals surface area contributed by atoms with Crippen molar-refractivity contribution in [3.05, 3.63) is 17.7 Å². The lowest BCUT2D eigenvalue weighted by atomic mass is 10.1. The Balaban J connectivity index is 3.07. The van der Waals surface area contributed by atoms with Crippen LogP contribution in [-0.2, 0) is 0 Å². The summed E-state index contributed by atoms with van der Waals surface area (Å²) in [5.41, 5.74) is 5.33. The van der Waals surface area contributed by atoms with Crippen molar-refractivity contribution in [2.24, 2.45) is 0 Å². The standard InChI is InChI=1S/C11H17F2N3/c1-4-7(5-2)16(3)11-9(13)6-8(12)10(14)15-11/h6-7H,4-5H2,1-3H3,(H2,14,15). The molecule has 0 aliphatic rings. The van der Waals surface area contributed by atoms with Gasteiger partial charge in [-0.3, -0.25) is 0 Å². The molecule has 0 radical (unpaired) electrons. The van der Waals surface area contributed by atoms with Gasteiger partial charge in [-0.2, -0.15) is 0 Å². The van der Waals surface area contributed by atoms with E-state index >= 15 is 0 Å². The Kier molecular flexibility index (Phi) is 4.04. The van der Waals surface area contributed by atoms with Gasteiger partial charge in [0.15, 0.2) is 23.3 Å². The summed E-state index contributed by atoms with van der Waals surface area (Å²) in [6.07, 6.45) is 1.73. The van der Waals surface area contributed by atoms with E-state index < -0.39 is 11.6 Å². The molecule has 2 N–H and O–H groups in total. The van der Waals surface area contributed by atoms with Gasteiger partial charge in [0.05, 0.1) is 0 Å². The van der Waals surface area contributed by atoms with E-state index in [4.69, 9.17) is 5.73 Å². The number of anilines is 2. The zero-order chi connectivity index (χ0) is 12.3. The molecule has 0 spiro atoms. The minimum Gasteiger partial charge on any atom is -0.381 e. The first-order valence-corrected chi connectivity index (χ1v) is 5.35. The number of halogens is 2. The van der Waals surface area contributed by atoms with Gasteiger partial charge in [0.1, 0.15) is 0 Å². The predicted molar refractivity (Wildman–Crippen MR) is 61.3 cm³/mol. The number of nitrogen functional groups attached to an aromatic ring is 1. The average Bonchev–Trinajstić information content (AvgIpc) is 2.25. The quantitative estimate of drug-likeness (QED) is 0.862. The second-order valence-corrected chi connectivity index (χ2v) is 3.74. The number of hydrogen-bond donors (Lipinski definition) is 1. The highest BCUT2D eigenvalue weighted by Gasteiger charge is 2.18. The number of pyridine rings is 1. The molecular formula is C11H17F2N3. The maximum absolute atomic E-state index is 13.5. The fraction of sp³-hybridized carbons (Fsp3) is 0.545. The van der Waals surface area contributed by atoms with Crippen LogP contribution < -0.4 is 10.6 Å². The zero-order valence-corrected chi connectivity index (χ0v) is 9.80. The van der Waals surface area contributed by atoms with Crippen LogP contribution in [0.1, 0.15) is 26.7 Å². The summed E-state index contributed by atoms with van der Waals surface area (Å²) in [5.74, 6) is -1.66. The molecule has 1 aromatic rings. The molecule has 3 nitrogen and oxygen atoms in total. The van der Waals surface area contributed by atoms with E-state index in [2.05, 4.69) is 4.98 Å². The molecule has 0 bridgehead atoms. The predicted octanol–water partition coefficient (Wildman–Crippen LogP) is 2.57. The molecule has 0 amide bonds. The van der Waals surface area contributed by atoms with E-state index in [9.17, 15) is 8.78 Å². The van der Waals surface area contributed by atoms with E-state index in [1.165, 1.54) is 0 Å². The highest BCUT2D eigenvalue weighted by molar-refractivity contribution is 5.47. The maximum atomic E-state index is 13.5. The van der Waals surface area contributed by atoms with E-state index in [1.807, 2.05) is 13.8 Å². The Morgan fingerprint density at radius 2 is 1.88 bits per heavy atom. The van der Waals surface area contributed by atoms with Gasteiger partial charge in [0, 0.05) is 19.2 Å². The highest BCUT2D eigenvalue weighted by atomic mass is 19.1. The third-order valence-electron chi connectivity index (χ3n) is 2.76. The highest BCUT2D eigenvalue weighted by Crippen LogP contribution is 2.22. The van der Waals surface area contributed by atoms with Crippen LogP contribution in [0.4, 0.5) is 20.4 Å². The van der Waals surface area contributed by atoms with Crippen molar-refractivity contribution in [2.45, 2.75) is 32.7 Å². The zero-order valence-electron chi connectivity index (χ0n) is 9.80. The molecule has 0 unspecified atom stereocenters.